The van der Waals surface area contributed by atoms with Crippen LogP contribution in [0, 0.1) is 12.8 Å². The van der Waals surface area contributed by atoms with Gasteiger partial charge in [0.2, 0.25) is 5.91 Å². The Labute approximate surface area is 204 Å². The fraction of sp³-hybridized carbons (Fsp3) is 0.250. The van der Waals surface area contributed by atoms with Crippen molar-refractivity contribution in [3.05, 3.63) is 89.0 Å². The van der Waals surface area contributed by atoms with Gasteiger partial charge in [-0.2, -0.15) is 0 Å². The van der Waals surface area contributed by atoms with Crippen molar-refractivity contribution in [2.24, 2.45) is 5.92 Å². The Morgan fingerprint density at radius 3 is 2.11 bits per heavy atom. The zero-order valence-corrected chi connectivity index (χ0v) is 19.9. The number of aromatic carboxylic acids is 1. The molecule has 0 aliphatic heterocycles. The molecule has 1 atom stereocenters. The molecule has 0 unspecified atom stereocenters. The lowest BCUT2D eigenvalue weighted by Crippen LogP contribution is -2.47. The molecule has 2 amide bonds. The molecule has 0 spiro atoms. The first-order valence-electron chi connectivity index (χ1n) is 11.5. The van der Waals surface area contributed by atoms with E-state index in [-0.39, 0.29) is 24.0 Å². The summed E-state index contributed by atoms with van der Waals surface area (Å²) in [4.78, 5) is 37.0. The third kappa shape index (κ3) is 5.04. The fourth-order valence-electron chi connectivity index (χ4n) is 4.45. The number of rotatable bonds is 7. The molecule has 0 bridgehead atoms. The minimum Gasteiger partial charge on any atom is -0.478 e. The molecule has 7 nitrogen and oxygen atoms in total. The van der Waals surface area contributed by atoms with E-state index < -0.39 is 24.0 Å². The van der Waals surface area contributed by atoms with Gasteiger partial charge in [-0.3, -0.25) is 4.79 Å². The molecule has 1 aliphatic carbocycles. The molecule has 3 aromatic rings. The van der Waals surface area contributed by atoms with E-state index in [1.54, 1.807) is 19.1 Å². The van der Waals surface area contributed by atoms with Crippen molar-refractivity contribution < 1.29 is 24.2 Å². The number of hydrogen-bond acceptors (Lipinski definition) is 4. The number of nitrogens with one attached hydrogen (secondary N) is 2. The molecule has 0 aromatic heterocycles. The van der Waals surface area contributed by atoms with Gasteiger partial charge in [-0.25, -0.2) is 9.59 Å². The van der Waals surface area contributed by atoms with Crippen LogP contribution in [0.1, 0.15) is 46.8 Å². The minimum absolute atomic E-state index is 0.0820. The van der Waals surface area contributed by atoms with E-state index in [2.05, 4.69) is 22.8 Å². The third-order valence-corrected chi connectivity index (χ3v) is 6.30. The van der Waals surface area contributed by atoms with Gasteiger partial charge in [0.15, 0.2) is 0 Å². The smallest absolute Gasteiger partial charge is 0.407 e. The number of carbonyl (C=O) groups excluding carboxylic acids is 2. The van der Waals surface area contributed by atoms with E-state index in [1.165, 1.54) is 6.07 Å². The van der Waals surface area contributed by atoms with E-state index >= 15 is 0 Å². The summed E-state index contributed by atoms with van der Waals surface area (Å²) in [6, 6.07) is 19.9. The lowest BCUT2D eigenvalue weighted by atomic mass is 9.98. The van der Waals surface area contributed by atoms with Crippen LogP contribution in [0.2, 0.25) is 0 Å². The molecule has 4 rings (SSSR count). The van der Waals surface area contributed by atoms with Crippen molar-refractivity contribution in [3.8, 4) is 11.1 Å². The van der Waals surface area contributed by atoms with Crippen LogP contribution >= 0.6 is 0 Å². The van der Waals surface area contributed by atoms with Gasteiger partial charge in [0.25, 0.3) is 0 Å². The van der Waals surface area contributed by atoms with Crippen molar-refractivity contribution in [3.63, 3.8) is 0 Å². The van der Waals surface area contributed by atoms with Crippen molar-refractivity contribution in [1.82, 2.24) is 5.32 Å². The number of ether oxygens (including phenoxy) is 1. The van der Waals surface area contributed by atoms with Crippen LogP contribution in [-0.2, 0) is 9.53 Å². The zero-order chi connectivity index (χ0) is 25.1. The summed E-state index contributed by atoms with van der Waals surface area (Å²) in [6.07, 6.45) is -0.684. The van der Waals surface area contributed by atoms with Gasteiger partial charge in [0.1, 0.15) is 12.6 Å². The maximum absolute atomic E-state index is 12.9. The van der Waals surface area contributed by atoms with Crippen LogP contribution in [0.3, 0.4) is 0 Å². The largest absolute Gasteiger partial charge is 0.478 e. The molecule has 0 saturated heterocycles. The number of fused-ring (bicyclic) bond motifs is 3. The average Bonchev–Trinajstić information content (AvgIpc) is 3.15. The Hall–Kier alpha value is -4.13. The average molecular weight is 473 g/mol. The Morgan fingerprint density at radius 1 is 0.943 bits per heavy atom. The molecule has 180 valence electrons. The van der Waals surface area contributed by atoms with Gasteiger partial charge in [0.05, 0.1) is 5.56 Å². The quantitative estimate of drug-likeness (QED) is 0.439. The normalized spacial score (nSPS) is 13.0. The summed E-state index contributed by atoms with van der Waals surface area (Å²) in [5.74, 6) is -1.83. The van der Waals surface area contributed by atoms with E-state index in [9.17, 15) is 19.5 Å². The second kappa shape index (κ2) is 10.0. The predicted molar refractivity (Wildman–Crippen MR) is 134 cm³/mol. The van der Waals surface area contributed by atoms with Crippen molar-refractivity contribution in [2.75, 3.05) is 11.9 Å². The molecule has 35 heavy (non-hydrogen) atoms. The Morgan fingerprint density at radius 2 is 1.54 bits per heavy atom. The van der Waals surface area contributed by atoms with E-state index in [4.69, 9.17) is 4.74 Å². The highest BCUT2D eigenvalue weighted by Gasteiger charge is 2.30. The van der Waals surface area contributed by atoms with E-state index in [0.29, 0.717) is 11.3 Å². The second-order valence-electron chi connectivity index (χ2n) is 9.02. The standard InChI is InChI=1S/C28H28N2O5/c1-16(2)25(26(31)29-18-13-12-17(3)23(14-18)27(32)33)30-28(34)35-15-24-21-10-6-4-8-19(21)20-9-5-7-11-22(20)24/h4-14,16,24-25H,15H2,1-3H3,(H,29,31)(H,30,34)(H,32,33)/t25-/m0/s1. The minimum atomic E-state index is -1.07. The fourth-order valence-corrected chi connectivity index (χ4v) is 4.45. The van der Waals surface area contributed by atoms with E-state index in [0.717, 1.165) is 22.3 Å². The maximum atomic E-state index is 12.9. The molecule has 1 aliphatic rings. The van der Waals surface area contributed by atoms with Gasteiger partial charge in [0, 0.05) is 11.6 Å². The lowest BCUT2D eigenvalue weighted by Gasteiger charge is -2.22. The molecule has 3 N–H and O–H groups in total. The summed E-state index contributed by atoms with van der Waals surface area (Å²) in [5.41, 5.74) is 5.52. The van der Waals surface area contributed by atoms with Crippen LogP contribution in [0.25, 0.3) is 11.1 Å². The van der Waals surface area contributed by atoms with Gasteiger partial charge in [-0.15, -0.1) is 0 Å². The number of benzene rings is 3. The van der Waals surface area contributed by atoms with Crippen molar-refractivity contribution >= 4 is 23.7 Å². The predicted octanol–water partition coefficient (Wildman–Crippen LogP) is 5.20. The van der Waals surface area contributed by atoms with Gasteiger partial charge < -0.3 is 20.5 Å². The number of carboxylic acids is 1. The number of alkyl carbamates (subject to hydrolysis) is 1. The molecule has 3 aromatic carbocycles. The molecular formula is C28H28N2O5. The molecule has 0 radical (unpaired) electrons. The number of hydrogen-bond donors (Lipinski definition) is 3. The molecular weight excluding hydrogens is 444 g/mol. The highest BCUT2D eigenvalue weighted by molar-refractivity contribution is 5.98. The van der Waals surface area contributed by atoms with Crippen LogP contribution in [0.15, 0.2) is 66.7 Å². The second-order valence-corrected chi connectivity index (χ2v) is 9.02. The highest BCUT2D eigenvalue weighted by atomic mass is 16.5. The topological polar surface area (TPSA) is 105 Å². The van der Waals surface area contributed by atoms with Gasteiger partial charge in [-0.1, -0.05) is 68.4 Å². The molecule has 0 saturated carbocycles. The summed E-state index contributed by atoms with van der Waals surface area (Å²) < 4.78 is 5.58. The Kier molecular flexibility index (Phi) is 6.87. The first-order chi connectivity index (χ1) is 16.8. The lowest BCUT2D eigenvalue weighted by molar-refractivity contribution is -0.119. The summed E-state index contributed by atoms with van der Waals surface area (Å²) >= 11 is 0. The number of aryl methyl sites for hydroxylation is 1. The summed E-state index contributed by atoms with van der Waals surface area (Å²) in [6.45, 7) is 5.45. The molecule has 7 heteroatoms. The number of anilines is 1. The molecule has 0 heterocycles. The number of carboxylic acid groups (broad SMARTS) is 1. The van der Waals surface area contributed by atoms with Crippen LogP contribution < -0.4 is 10.6 Å². The van der Waals surface area contributed by atoms with Crippen LogP contribution in [-0.4, -0.2) is 35.7 Å². The summed E-state index contributed by atoms with van der Waals surface area (Å²) in [5, 5.41) is 14.7. The number of amides is 2. The monoisotopic (exact) mass is 472 g/mol. The SMILES string of the molecule is Cc1ccc(NC(=O)[C@@H](NC(=O)OCC2c3ccccc3-c3ccccc32)C(C)C)cc1C(=O)O. The van der Waals surface area contributed by atoms with Crippen LogP contribution in [0.5, 0.6) is 0 Å². The van der Waals surface area contributed by atoms with Crippen molar-refractivity contribution in [2.45, 2.75) is 32.7 Å². The third-order valence-electron chi connectivity index (χ3n) is 6.30. The van der Waals surface area contributed by atoms with Gasteiger partial charge in [-0.05, 0) is 52.8 Å². The Bertz CT molecular complexity index is 1240. The zero-order valence-electron chi connectivity index (χ0n) is 19.9. The van der Waals surface area contributed by atoms with Gasteiger partial charge >= 0.3 is 12.1 Å². The first-order valence-corrected chi connectivity index (χ1v) is 11.5. The Balaban J connectivity index is 1.42. The van der Waals surface area contributed by atoms with E-state index in [1.807, 2.05) is 50.2 Å². The van der Waals surface area contributed by atoms with Crippen LogP contribution in [0.4, 0.5) is 10.5 Å². The summed E-state index contributed by atoms with van der Waals surface area (Å²) in [7, 11) is 0. The number of carbonyl (C=O) groups is 3. The highest BCUT2D eigenvalue weighted by Crippen LogP contribution is 2.44. The first kappa shape index (κ1) is 24.0. The maximum Gasteiger partial charge on any atom is 0.407 e. The molecule has 0 fully saturated rings. The van der Waals surface area contributed by atoms with Crippen molar-refractivity contribution in [1.29, 1.82) is 0 Å².